The number of hydrogen-bond donors (Lipinski definition) is 2. The Bertz CT molecular complexity index is 1800. The van der Waals surface area contributed by atoms with Gasteiger partial charge in [0.1, 0.15) is 5.69 Å². The molecule has 0 unspecified atom stereocenters. The summed E-state index contributed by atoms with van der Waals surface area (Å²) in [4.78, 5) is 29.2. The van der Waals surface area contributed by atoms with Crippen molar-refractivity contribution in [2.75, 3.05) is 4.90 Å². The standard InChI is InChI=1S/C36H34N4O2/c1-24-8-3-5-12-31(24)32-16-14-28(18-25(32)2)36(42)40-23-30-15-17-34(39(30)22-29-11-4-6-13-33(29)40)35(41)38-21-27-10-7-9-26(19-27)20-37/h3-19H,20-23,37H2,1-2H3,(H,38,41). The van der Waals surface area contributed by atoms with Crippen molar-refractivity contribution in [2.45, 2.75) is 40.0 Å². The molecule has 2 heterocycles. The van der Waals surface area contributed by atoms with E-state index in [9.17, 15) is 9.59 Å². The topological polar surface area (TPSA) is 80.4 Å². The highest BCUT2D eigenvalue weighted by Gasteiger charge is 2.27. The number of carbonyl (C=O) groups excluding carboxylic acids is 2. The average Bonchev–Trinajstić information content (AvgIpc) is 3.33. The summed E-state index contributed by atoms with van der Waals surface area (Å²) in [6.45, 7) is 5.88. The van der Waals surface area contributed by atoms with Crippen LogP contribution in [0.1, 0.15) is 54.4 Å². The quantitative estimate of drug-likeness (QED) is 0.256. The van der Waals surface area contributed by atoms with Gasteiger partial charge in [0.15, 0.2) is 0 Å². The number of nitrogens with two attached hydrogens (primary N) is 1. The first-order valence-corrected chi connectivity index (χ1v) is 14.2. The Morgan fingerprint density at radius 1 is 0.762 bits per heavy atom. The molecule has 0 bridgehead atoms. The lowest BCUT2D eigenvalue weighted by Crippen LogP contribution is -2.30. The maximum absolute atomic E-state index is 14.1. The van der Waals surface area contributed by atoms with Crippen molar-refractivity contribution in [3.63, 3.8) is 0 Å². The van der Waals surface area contributed by atoms with Crippen LogP contribution in [0.3, 0.4) is 0 Å². The molecule has 2 amide bonds. The van der Waals surface area contributed by atoms with Gasteiger partial charge in [-0.3, -0.25) is 9.59 Å². The Morgan fingerprint density at radius 2 is 1.52 bits per heavy atom. The number of amides is 2. The van der Waals surface area contributed by atoms with Gasteiger partial charge in [-0.15, -0.1) is 0 Å². The second-order valence-corrected chi connectivity index (χ2v) is 10.9. The summed E-state index contributed by atoms with van der Waals surface area (Å²) in [7, 11) is 0. The number of benzene rings is 4. The van der Waals surface area contributed by atoms with Gasteiger partial charge in [-0.25, -0.2) is 0 Å². The first-order chi connectivity index (χ1) is 20.4. The SMILES string of the molecule is Cc1ccccc1-c1ccc(C(=O)N2Cc3ccc(C(=O)NCc4cccc(CN)c4)n3Cc3ccccc32)cc1C. The van der Waals surface area contributed by atoms with Crippen LogP contribution in [0.5, 0.6) is 0 Å². The first kappa shape index (κ1) is 27.2. The van der Waals surface area contributed by atoms with Crippen molar-refractivity contribution in [1.82, 2.24) is 9.88 Å². The van der Waals surface area contributed by atoms with E-state index in [4.69, 9.17) is 5.73 Å². The van der Waals surface area contributed by atoms with Gasteiger partial charge in [0.05, 0.1) is 13.1 Å². The minimum Gasteiger partial charge on any atom is -0.347 e. The molecule has 1 aliphatic rings. The fourth-order valence-corrected chi connectivity index (χ4v) is 5.81. The maximum Gasteiger partial charge on any atom is 0.268 e. The molecule has 6 heteroatoms. The number of hydrogen-bond acceptors (Lipinski definition) is 3. The predicted molar refractivity (Wildman–Crippen MR) is 167 cm³/mol. The van der Waals surface area contributed by atoms with E-state index in [0.717, 1.165) is 39.2 Å². The molecule has 1 aromatic heterocycles. The molecule has 4 aromatic carbocycles. The van der Waals surface area contributed by atoms with Gasteiger partial charge in [0, 0.05) is 30.0 Å². The van der Waals surface area contributed by atoms with E-state index in [-0.39, 0.29) is 11.8 Å². The monoisotopic (exact) mass is 554 g/mol. The van der Waals surface area contributed by atoms with Gasteiger partial charge in [-0.1, -0.05) is 72.8 Å². The van der Waals surface area contributed by atoms with Gasteiger partial charge >= 0.3 is 0 Å². The largest absolute Gasteiger partial charge is 0.347 e. The van der Waals surface area contributed by atoms with Gasteiger partial charge in [0.25, 0.3) is 11.8 Å². The van der Waals surface area contributed by atoms with Crippen LogP contribution in [-0.4, -0.2) is 16.4 Å². The van der Waals surface area contributed by atoms with E-state index in [0.29, 0.717) is 37.4 Å². The molecule has 6 nitrogen and oxygen atoms in total. The van der Waals surface area contributed by atoms with Gasteiger partial charge in [-0.05, 0) is 83.1 Å². The summed E-state index contributed by atoms with van der Waals surface area (Å²) in [6, 6.07) is 33.9. The highest BCUT2D eigenvalue weighted by atomic mass is 16.2. The third-order valence-corrected chi connectivity index (χ3v) is 8.07. The van der Waals surface area contributed by atoms with Crippen LogP contribution >= 0.6 is 0 Å². The maximum atomic E-state index is 14.1. The molecule has 6 rings (SSSR count). The minimum absolute atomic E-state index is 0.0673. The summed E-state index contributed by atoms with van der Waals surface area (Å²) in [5.41, 5.74) is 16.3. The molecule has 0 atom stereocenters. The molecule has 0 saturated heterocycles. The van der Waals surface area contributed by atoms with Crippen molar-refractivity contribution in [1.29, 1.82) is 0 Å². The Morgan fingerprint density at radius 3 is 2.33 bits per heavy atom. The highest BCUT2D eigenvalue weighted by Crippen LogP contribution is 2.32. The van der Waals surface area contributed by atoms with Crippen LogP contribution in [0, 0.1) is 13.8 Å². The Labute approximate surface area is 246 Å². The van der Waals surface area contributed by atoms with E-state index in [2.05, 4.69) is 31.3 Å². The van der Waals surface area contributed by atoms with Gasteiger partial charge in [-0.2, -0.15) is 0 Å². The number of carbonyl (C=O) groups is 2. The van der Waals surface area contributed by atoms with E-state index >= 15 is 0 Å². The molecule has 5 aromatic rings. The lowest BCUT2D eigenvalue weighted by Gasteiger charge is -2.23. The van der Waals surface area contributed by atoms with Crippen molar-refractivity contribution in [2.24, 2.45) is 5.73 Å². The summed E-state index contributed by atoms with van der Waals surface area (Å²) in [5.74, 6) is -0.221. The number of aryl methyl sites for hydroxylation is 2. The summed E-state index contributed by atoms with van der Waals surface area (Å²) >= 11 is 0. The molecular formula is C36H34N4O2. The minimum atomic E-state index is -0.154. The molecule has 1 aliphatic heterocycles. The molecule has 3 N–H and O–H groups in total. The van der Waals surface area contributed by atoms with Crippen LogP contribution in [0.15, 0.2) is 103 Å². The van der Waals surface area contributed by atoms with Gasteiger partial charge < -0.3 is 20.5 Å². The van der Waals surface area contributed by atoms with Crippen LogP contribution in [0.2, 0.25) is 0 Å². The number of aromatic nitrogens is 1. The molecule has 42 heavy (non-hydrogen) atoms. The smallest absolute Gasteiger partial charge is 0.268 e. The number of rotatable bonds is 6. The fourth-order valence-electron chi connectivity index (χ4n) is 5.81. The third kappa shape index (κ3) is 5.24. The third-order valence-electron chi connectivity index (χ3n) is 8.07. The zero-order valence-electron chi connectivity index (χ0n) is 23.9. The Hall–Kier alpha value is -4.94. The van der Waals surface area contributed by atoms with Crippen LogP contribution < -0.4 is 16.0 Å². The van der Waals surface area contributed by atoms with Crippen molar-refractivity contribution in [3.8, 4) is 11.1 Å². The summed E-state index contributed by atoms with van der Waals surface area (Å²) in [5, 5.41) is 3.05. The lowest BCUT2D eigenvalue weighted by atomic mass is 9.95. The number of nitrogens with zero attached hydrogens (tertiary/aromatic N) is 2. The van der Waals surface area contributed by atoms with Gasteiger partial charge in [0.2, 0.25) is 0 Å². The van der Waals surface area contributed by atoms with Crippen LogP contribution in [-0.2, 0) is 26.2 Å². The van der Waals surface area contributed by atoms with Crippen molar-refractivity contribution in [3.05, 3.63) is 148 Å². The zero-order chi connectivity index (χ0) is 29.2. The highest BCUT2D eigenvalue weighted by molar-refractivity contribution is 6.07. The van der Waals surface area contributed by atoms with Crippen molar-refractivity contribution < 1.29 is 9.59 Å². The Balaban J connectivity index is 1.28. The molecule has 0 spiro atoms. The number of para-hydroxylation sites is 1. The molecular weight excluding hydrogens is 520 g/mol. The number of anilines is 1. The predicted octanol–water partition coefficient (Wildman–Crippen LogP) is 6.37. The second kappa shape index (κ2) is 11.5. The number of nitrogens with one attached hydrogen (secondary N) is 1. The molecule has 0 aliphatic carbocycles. The molecule has 0 radical (unpaired) electrons. The van der Waals surface area contributed by atoms with E-state index in [1.54, 1.807) is 0 Å². The lowest BCUT2D eigenvalue weighted by molar-refractivity contribution is 0.0941. The number of fused-ring (bicyclic) bond motifs is 2. The molecule has 0 fully saturated rings. The Kier molecular flexibility index (Phi) is 7.46. The van der Waals surface area contributed by atoms with E-state index < -0.39 is 0 Å². The first-order valence-electron chi connectivity index (χ1n) is 14.2. The van der Waals surface area contributed by atoms with E-state index in [1.807, 2.05) is 100 Å². The van der Waals surface area contributed by atoms with Crippen LogP contribution in [0.25, 0.3) is 11.1 Å². The average molecular weight is 555 g/mol. The van der Waals surface area contributed by atoms with Crippen molar-refractivity contribution >= 4 is 17.5 Å². The summed E-state index contributed by atoms with van der Waals surface area (Å²) < 4.78 is 2.02. The zero-order valence-corrected chi connectivity index (χ0v) is 23.9. The summed E-state index contributed by atoms with van der Waals surface area (Å²) in [6.07, 6.45) is 0. The molecule has 210 valence electrons. The normalized spacial score (nSPS) is 12.3. The molecule has 0 saturated carbocycles. The second-order valence-electron chi connectivity index (χ2n) is 10.9. The van der Waals surface area contributed by atoms with E-state index in [1.165, 1.54) is 11.1 Å². The fraction of sp³-hybridized carbons (Fsp3) is 0.167. The van der Waals surface area contributed by atoms with Crippen LogP contribution in [0.4, 0.5) is 5.69 Å².